The summed E-state index contributed by atoms with van der Waals surface area (Å²) in [5.74, 6) is 0.798. The van der Waals surface area contributed by atoms with Gasteiger partial charge in [-0.15, -0.1) is 5.10 Å². The van der Waals surface area contributed by atoms with Crippen LogP contribution < -0.4 is 10.6 Å². The van der Waals surface area contributed by atoms with E-state index in [9.17, 15) is 5.11 Å². The van der Waals surface area contributed by atoms with Gasteiger partial charge < -0.3 is 15.7 Å². The molecule has 5 rings (SSSR count). The Hall–Kier alpha value is -2.36. The van der Waals surface area contributed by atoms with Crippen molar-refractivity contribution in [2.75, 3.05) is 18.0 Å². The first-order valence-electron chi connectivity index (χ1n) is 9.43. The Morgan fingerprint density at radius 2 is 2.14 bits per heavy atom. The largest absolute Gasteiger partial charge is 0.393 e. The van der Waals surface area contributed by atoms with Gasteiger partial charge in [-0.25, -0.2) is 9.97 Å². The van der Waals surface area contributed by atoms with E-state index in [4.69, 9.17) is 17.3 Å². The third kappa shape index (κ3) is 2.81. The summed E-state index contributed by atoms with van der Waals surface area (Å²) in [6, 6.07) is 1.84. The van der Waals surface area contributed by atoms with E-state index in [0.29, 0.717) is 28.8 Å². The lowest BCUT2D eigenvalue weighted by atomic mass is 9.74. The first-order chi connectivity index (χ1) is 13.6. The Kier molecular flexibility index (Phi) is 4.18. The summed E-state index contributed by atoms with van der Waals surface area (Å²) in [7, 11) is 0. The van der Waals surface area contributed by atoms with Gasteiger partial charge >= 0.3 is 0 Å². The monoisotopic (exact) mass is 400 g/mol. The van der Waals surface area contributed by atoms with E-state index < -0.39 is 0 Å². The van der Waals surface area contributed by atoms with Gasteiger partial charge in [0.1, 0.15) is 11.3 Å². The molecule has 2 aliphatic rings. The molecule has 28 heavy (non-hydrogen) atoms. The van der Waals surface area contributed by atoms with Crippen LogP contribution in [-0.2, 0) is 0 Å². The van der Waals surface area contributed by atoms with Crippen molar-refractivity contribution in [1.82, 2.24) is 30.4 Å². The van der Waals surface area contributed by atoms with Crippen LogP contribution in [0.1, 0.15) is 25.7 Å². The summed E-state index contributed by atoms with van der Waals surface area (Å²) in [5.41, 5.74) is 8.93. The highest BCUT2D eigenvalue weighted by molar-refractivity contribution is 6.32. The fourth-order valence-corrected chi connectivity index (χ4v) is 4.83. The predicted octanol–water partition coefficient (Wildman–Crippen LogP) is 1.53. The summed E-state index contributed by atoms with van der Waals surface area (Å²) >= 11 is 6.14. The molecule has 1 saturated carbocycles. The quantitative estimate of drug-likeness (QED) is 0.590. The van der Waals surface area contributed by atoms with Crippen molar-refractivity contribution < 1.29 is 5.11 Å². The number of hydrogen-bond acceptors (Lipinski definition) is 8. The minimum Gasteiger partial charge on any atom is -0.393 e. The molecule has 10 heteroatoms. The second-order valence-corrected chi connectivity index (χ2v) is 8.14. The number of aromatic amines is 1. The standard InChI is InChI=1S/C18H21ClN8O/c19-16-11(1-4-22-25-16)14-15-17(26-24-14)23-13(9-21-15)27-5-2-18(3-6-27)8-10(28)7-12(18)20/h1,4,9-10,12,28H,2-3,5-8,20H2,(H,23,24,26). The molecule has 0 radical (unpaired) electrons. The lowest BCUT2D eigenvalue weighted by Gasteiger charge is -2.42. The molecule has 1 aliphatic carbocycles. The summed E-state index contributed by atoms with van der Waals surface area (Å²) in [5, 5.41) is 25.2. The topological polar surface area (TPSA) is 130 Å². The maximum absolute atomic E-state index is 9.99. The molecule has 3 aromatic rings. The molecule has 2 unspecified atom stereocenters. The van der Waals surface area contributed by atoms with Crippen molar-refractivity contribution in [2.24, 2.45) is 11.1 Å². The summed E-state index contributed by atoms with van der Waals surface area (Å²) in [6.07, 6.45) is 6.48. The Labute approximate surface area is 166 Å². The summed E-state index contributed by atoms with van der Waals surface area (Å²) < 4.78 is 0. The molecule has 3 aromatic heterocycles. The van der Waals surface area contributed by atoms with Crippen LogP contribution in [-0.4, -0.2) is 60.7 Å². The van der Waals surface area contributed by atoms with E-state index in [0.717, 1.165) is 38.2 Å². The molecule has 146 valence electrons. The Balaban J connectivity index is 1.39. The van der Waals surface area contributed by atoms with E-state index in [1.807, 2.05) is 0 Å². The molecular weight excluding hydrogens is 380 g/mol. The van der Waals surface area contributed by atoms with E-state index in [-0.39, 0.29) is 22.7 Å². The lowest BCUT2D eigenvalue weighted by molar-refractivity contribution is 0.141. The minimum atomic E-state index is -0.269. The van der Waals surface area contributed by atoms with Crippen LogP contribution in [0.5, 0.6) is 0 Å². The van der Waals surface area contributed by atoms with Gasteiger partial charge in [-0.3, -0.25) is 5.10 Å². The van der Waals surface area contributed by atoms with Gasteiger partial charge in [0.15, 0.2) is 5.15 Å². The van der Waals surface area contributed by atoms with Crippen LogP contribution in [0.15, 0.2) is 18.5 Å². The highest BCUT2D eigenvalue weighted by Crippen LogP contribution is 2.46. The number of halogens is 1. The average molecular weight is 401 g/mol. The zero-order chi connectivity index (χ0) is 19.3. The smallest absolute Gasteiger partial charge is 0.202 e. The number of piperidine rings is 1. The van der Waals surface area contributed by atoms with Crippen LogP contribution in [0.25, 0.3) is 22.4 Å². The molecule has 4 N–H and O–H groups in total. The normalized spacial score (nSPS) is 24.3. The second-order valence-electron chi connectivity index (χ2n) is 7.78. The molecule has 1 aliphatic heterocycles. The maximum atomic E-state index is 9.99. The molecule has 4 heterocycles. The number of aliphatic hydroxyl groups is 1. The van der Waals surface area contributed by atoms with Gasteiger partial charge in [0, 0.05) is 24.7 Å². The number of hydrogen-bond donors (Lipinski definition) is 3. The summed E-state index contributed by atoms with van der Waals surface area (Å²) in [6.45, 7) is 1.69. The van der Waals surface area contributed by atoms with Crippen molar-refractivity contribution in [1.29, 1.82) is 0 Å². The molecule has 0 aromatic carbocycles. The fraction of sp³-hybridized carbons (Fsp3) is 0.500. The van der Waals surface area contributed by atoms with E-state index in [1.165, 1.54) is 0 Å². The average Bonchev–Trinajstić information content (AvgIpc) is 3.23. The molecule has 1 spiro atoms. The number of anilines is 1. The van der Waals surface area contributed by atoms with E-state index >= 15 is 0 Å². The highest BCUT2D eigenvalue weighted by Gasteiger charge is 2.46. The van der Waals surface area contributed by atoms with Crippen LogP contribution in [0.3, 0.4) is 0 Å². The van der Waals surface area contributed by atoms with Crippen LogP contribution >= 0.6 is 11.6 Å². The molecule has 2 atom stereocenters. The van der Waals surface area contributed by atoms with E-state index in [2.05, 4.69) is 35.3 Å². The van der Waals surface area contributed by atoms with Gasteiger partial charge in [0.05, 0.1) is 24.2 Å². The van der Waals surface area contributed by atoms with Gasteiger partial charge in [-0.05, 0) is 37.2 Å². The van der Waals surface area contributed by atoms with Crippen LogP contribution in [0, 0.1) is 5.41 Å². The van der Waals surface area contributed by atoms with Gasteiger partial charge in [0.25, 0.3) is 0 Å². The van der Waals surface area contributed by atoms with Crippen molar-refractivity contribution in [2.45, 2.75) is 37.8 Å². The Bertz CT molecular complexity index is 1020. The number of nitrogens with one attached hydrogen (secondary N) is 1. The number of nitrogens with two attached hydrogens (primary N) is 1. The third-order valence-corrected chi connectivity index (χ3v) is 6.51. The number of aromatic nitrogens is 6. The van der Waals surface area contributed by atoms with Crippen molar-refractivity contribution >= 4 is 28.6 Å². The first kappa shape index (κ1) is 17.7. The van der Waals surface area contributed by atoms with Crippen LogP contribution in [0.2, 0.25) is 5.15 Å². The number of H-pyrrole nitrogens is 1. The molecule has 1 saturated heterocycles. The molecule has 9 nitrogen and oxygen atoms in total. The SMILES string of the molecule is NC1CC(O)CC12CCN(c1cnc3c(-c4ccnnc4Cl)[nH]nc3n1)CC2. The number of nitrogens with zero attached hydrogens (tertiary/aromatic N) is 6. The fourth-order valence-electron chi connectivity index (χ4n) is 4.63. The Morgan fingerprint density at radius 3 is 2.86 bits per heavy atom. The zero-order valence-electron chi connectivity index (χ0n) is 15.2. The molecule has 0 amide bonds. The number of aliphatic hydroxyl groups excluding tert-OH is 1. The zero-order valence-corrected chi connectivity index (χ0v) is 16.0. The minimum absolute atomic E-state index is 0.0536. The number of rotatable bonds is 2. The summed E-state index contributed by atoms with van der Waals surface area (Å²) in [4.78, 5) is 11.5. The second kappa shape index (κ2) is 6.61. The van der Waals surface area contributed by atoms with Gasteiger partial charge in [-0.1, -0.05) is 11.6 Å². The lowest BCUT2D eigenvalue weighted by Crippen LogP contribution is -2.47. The molecule has 2 fully saturated rings. The molecular formula is C18H21ClN8O. The van der Waals surface area contributed by atoms with Crippen molar-refractivity contribution in [3.63, 3.8) is 0 Å². The first-order valence-corrected chi connectivity index (χ1v) is 9.81. The predicted molar refractivity (Wildman–Crippen MR) is 105 cm³/mol. The number of fused-ring (bicyclic) bond motifs is 1. The van der Waals surface area contributed by atoms with Crippen molar-refractivity contribution in [3.8, 4) is 11.3 Å². The van der Waals surface area contributed by atoms with Gasteiger partial charge in [-0.2, -0.15) is 10.2 Å². The van der Waals surface area contributed by atoms with Gasteiger partial charge in [0.2, 0.25) is 5.65 Å². The van der Waals surface area contributed by atoms with Crippen LogP contribution in [0.4, 0.5) is 5.82 Å². The van der Waals surface area contributed by atoms with E-state index in [1.54, 1.807) is 18.5 Å². The maximum Gasteiger partial charge on any atom is 0.202 e. The third-order valence-electron chi connectivity index (χ3n) is 6.23. The Morgan fingerprint density at radius 1 is 1.32 bits per heavy atom. The highest BCUT2D eigenvalue weighted by atomic mass is 35.5. The molecule has 0 bridgehead atoms. The van der Waals surface area contributed by atoms with Crippen molar-refractivity contribution in [3.05, 3.63) is 23.6 Å².